The molecular formula is C6H11NS. The Morgan fingerprint density at radius 2 is 2.38 bits per heavy atom. The van der Waals surface area contributed by atoms with Gasteiger partial charge in [-0.25, -0.2) is 0 Å². The van der Waals surface area contributed by atoms with Crippen LogP contribution in [0.25, 0.3) is 0 Å². The summed E-state index contributed by atoms with van der Waals surface area (Å²) in [5.41, 5.74) is 5.59. The van der Waals surface area contributed by atoms with Crippen LogP contribution in [-0.4, -0.2) is 11.3 Å². The fraction of sp³-hybridized carbons (Fsp3) is 0.667. The second-order valence-electron chi connectivity index (χ2n) is 2.22. The van der Waals surface area contributed by atoms with Crippen molar-refractivity contribution in [1.82, 2.24) is 0 Å². The van der Waals surface area contributed by atoms with Crippen molar-refractivity contribution in [3.8, 4) is 0 Å². The normalized spacial score (nSPS) is 37.8. The second-order valence-corrected chi connectivity index (χ2v) is 2.95. The van der Waals surface area contributed by atoms with Gasteiger partial charge in [-0.05, 0) is 12.8 Å². The van der Waals surface area contributed by atoms with Crippen LogP contribution in [-0.2, 0) is 0 Å². The Kier molecular flexibility index (Phi) is 1.97. The molecular weight excluding hydrogens is 118 g/mol. The summed E-state index contributed by atoms with van der Waals surface area (Å²) in [6.45, 7) is 0. The van der Waals surface area contributed by atoms with Crippen LogP contribution in [0.1, 0.15) is 12.8 Å². The summed E-state index contributed by atoms with van der Waals surface area (Å²) < 4.78 is 0. The molecule has 2 heteroatoms. The van der Waals surface area contributed by atoms with E-state index < -0.39 is 0 Å². The summed E-state index contributed by atoms with van der Waals surface area (Å²) >= 11 is 4.29. The molecule has 2 atom stereocenters. The zero-order valence-corrected chi connectivity index (χ0v) is 5.64. The molecule has 1 aliphatic rings. The molecule has 46 valence electrons. The molecule has 0 aromatic heterocycles. The smallest absolute Gasteiger partial charge is 0.0234 e. The molecule has 0 heterocycles. The summed E-state index contributed by atoms with van der Waals surface area (Å²) in [6, 6.07) is 0.256. The van der Waals surface area contributed by atoms with Gasteiger partial charge < -0.3 is 5.73 Å². The highest BCUT2D eigenvalue weighted by molar-refractivity contribution is 7.80. The molecule has 0 amide bonds. The SMILES string of the molecule is NC1C=CCC(S)C1. The van der Waals surface area contributed by atoms with Crippen molar-refractivity contribution in [1.29, 1.82) is 0 Å². The van der Waals surface area contributed by atoms with Crippen LogP contribution in [0, 0.1) is 0 Å². The first-order valence-corrected chi connectivity index (χ1v) is 3.41. The van der Waals surface area contributed by atoms with Crippen LogP contribution in [0.15, 0.2) is 12.2 Å². The van der Waals surface area contributed by atoms with E-state index in [0.29, 0.717) is 5.25 Å². The predicted molar refractivity (Wildman–Crippen MR) is 39.1 cm³/mol. The molecule has 1 nitrogen and oxygen atoms in total. The minimum atomic E-state index is 0.256. The molecule has 0 saturated carbocycles. The molecule has 0 aliphatic heterocycles. The molecule has 1 rings (SSSR count). The minimum absolute atomic E-state index is 0.256. The number of thiol groups is 1. The van der Waals surface area contributed by atoms with Gasteiger partial charge in [-0.2, -0.15) is 12.6 Å². The van der Waals surface area contributed by atoms with Crippen molar-refractivity contribution in [2.24, 2.45) is 5.73 Å². The quantitative estimate of drug-likeness (QED) is 0.370. The van der Waals surface area contributed by atoms with E-state index in [9.17, 15) is 0 Å². The average molecular weight is 129 g/mol. The second kappa shape index (κ2) is 2.55. The molecule has 1 aliphatic carbocycles. The first-order chi connectivity index (χ1) is 3.79. The third-order valence-electron chi connectivity index (χ3n) is 1.34. The molecule has 0 bridgehead atoms. The summed E-state index contributed by atoms with van der Waals surface area (Å²) in [5, 5.41) is 0.495. The zero-order chi connectivity index (χ0) is 5.98. The number of allylic oxidation sites excluding steroid dienone is 1. The van der Waals surface area contributed by atoms with Crippen LogP contribution >= 0.6 is 12.6 Å². The lowest BCUT2D eigenvalue weighted by atomic mass is 10.0. The lowest BCUT2D eigenvalue weighted by Gasteiger charge is -2.16. The van der Waals surface area contributed by atoms with Crippen molar-refractivity contribution in [3.05, 3.63) is 12.2 Å². The third-order valence-corrected chi connectivity index (χ3v) is 1.76. The first kappa shape index (κ1) is 6.17. The number of hydrogen-bond acceptors (Lipinski definition) is 2. The standard InChI is InChI=1S/C6H11NS/c7-5-2-1-3-6(8)4-5/h1-2,5-6,8H,3-4,7H2. The highest BCUT2D eigenvalue weighted by atomic mass is 32.1. The summed E-state index contributed by atoms with van der Waals surface area (Å²) in [7, 11) is 0. The molecule has 0 aromatic rings. The fourth-order valence-electron chi connectivity index (χ4n) is 0.899. The van der Waals surface area contributed by atoms with Gasteiger partial charge in [0.15, 0.2) is 0 Å². The van der Waals surface area contributed by atoms with Crippen molar-refractivity contribution >= 4 is 12.6 Å². The lowest BCUT2D eigenvalue weighted by Crippen LogP contribution is -2.24. The fourth-order valence-corrected chi connectivity index (χ4v) is 1.26. The topological polar surface area (TPSA) is 26.0 Å². The number of rotatable bonds is 0. The van der Waals surface area contributed by atoms with Gasteiger partial charge in [-0.1, -0.05) is 12.2 Å². The van der Waals surface area contributed by atoms with Gasteiger partial charge in [-0.15, -0.1) is 0 Å². The molecule has 2 unspecified atom stereocenters. The molecule has 2 N–H and O–H groups in total. The Morgan fingerprint density at radius 1 is 1.62 bits per heavy atom. The molecule has 0 aromatic carbocycles. The largest absolute Gasteiger partial charge is 0.324 e. The van der Waals surface area contributed by atoms with Gasteiger partial charge in [0.2, 0.25) is 0 Å². The Labute approximate surface area is 55.4 Å². The van der Waals surface area contributed by atoms with Gasteiger partial charge >= 0.3 is 0 Å². The van der Waals surface area contributed by atoms with Gasteiger partial charge in [0.05, 0.1) is 0 Å². The van der Waals surface area contributed by atoms with E-state index in [4.69, 9.17) is 5.73 Å². The maximum absolute atomic E-state index is 5.59. The molecule has 8 heavy (non-hydrogen) atoms. The molecule has 0 spiro atoms. The Hall–Kier alpha value is 0.0500. The highest BCUT2D eigenvalue weighted by Gasteiger charge is 2.09. The van der Waals surface area contributed by atoms with E-state index in [-0.39, 0.29) is 6.04 Å². The monoisotopic (exact) mass is 129 g/mol. The van der Waals surface area contributed by atoms with Crippen molar-refractivity contribution < 1.29 is 0 Å². The van der Waals surface area contributed by atoms with E-state index in [1.54, 1.807) is 0 Å². The van der Waals surface area contributed by atoms with Crippen LogP contribution < -0.4 is 5.73 Å². The molecule has 0 fully saturated rings. The van der Waals surface area contributed by atoms with Gasteiger partial charge in [0.25, 0.3) is 0 Å². The zero-order valence-electron chi connectivity index (χ0n) is 4.75. The van der Waals surface area contributed by atoms with Gasteiger partial charge in [0.1, 0.15) is 0 Å². The summed E-state index contributed by atoms with van der Waals surface area (Å²) in [4.78, 5) is 0. The molecule has 0 radical (unpaired) electrons. The van der Waals surface area contributed by atoms with Crippen LogP contribution in [0.5, 0.6) is 0 Å². The third kappa shape index (κ3) is 1.53. The first-order valence-electron chi connectivity index (χ1n) is 2.89. The highest BCUT2D eigenvalue weighted by Crippen LogP contribution is 2.14. The van der Waals surface area contributed by atoms with E-state index in [1.165, 1.54) is 0 Å². The maximum Gasteiger partial charge on any atom is 0.0234 e. The van der Waals surface area contributed by atoms with Crippen LogP contribution in [0.2, 0.25) is 0 Å². The lowest BCUT2D eigenvalue weighted by molar-refractivity contribution is 0.662. The van der Waals surface area contributed by atoms with Crippen LogP contribution in [0.4, 0.5) is 0 Å². The Balaban J connectivity index is 2.42. The van der Waals surface area contributed by atoms with Gasteiger partial charge in [-0.3, -0.25) is 0 Å². The number of hydrogen-bond donors (Lipinski definition) is 2. The van der Waals surface area contributed by atoms with Crippen LogP contribution in [0.3, 0.4) is 0 Å². The van der Waals surface area contributed by atoms with E-state index in [0.717, 1.165) is 12.8 Å². The van der Waals surface area contributed by atoms with Crippen molar-refractivity contribution in [3.63, 3.8) is 0 Å². The molecule has 0 saturated heterocycles. The average Bonchev–Trinajstić information content (AvgIpc) is 1.64. The summed E-state index contributed by atoms with van der Waals surface area (Å²) in [6.07, 6.45) is 6.26. The Bertz CT molecular complexity index is 101. The minimum Gasteiger partial charge on any atom is -0.324 e. The van der Waals surface area contributed by atoms with Crippen molar-refractivity contribution in [2.75, 3.05) is 0 Å². The Morgan fingerprint density at radius 3 is 2.75 bits per heavy atom. The predicted octanol–water partition coefficient (Wildman–Crippen LogP) is 0.962. The maximum atomic E-state index is 5.59. The van der Waals surface area contributed by atoms with Crippen molar-refractivity contribution in [2.45, 2.75) is 24.1 Å². The van der Waals surface area contributed by atoms with E-state index in [2.05, 4.69) is 18.7 Å². The van der Waals surface area contributed by atoms with Gasteiger partial charge in [0, 0.05) is 11.3 Å². The van der Waals surface area contributed by atoms with E-state index >= 15 is 0 Å². The summed E-state index contributed by atoms with van der Waals surface area (Å²) in [5.74, 6) is 0. The number of nitrogens with two attached hydrogens (primary N) is 1. The van der Waals surface area contributed by atoms with E-state index in [1.807, 2.05) is 6.08 Å².